The van der Waals surface area contributed by atoms with E-state index in [1.165, 1.54) is 0 Å². The summed E-state index contributed by atoms with van der Waals surface area (Å²) in [6.07, 6.45) is -0.469. The molecule has 100 valence electrons. The van der Waals surface area contributed by atoms with Crippen molar-refractivity contribution in [3.63, 3.8) is 0 Å². The van der Waals surface area contributed by atoms with Crippen LogP contribution in [0.2, 0.25) is 0 Å². The number of rotatable bonds is 5. The summed E-state index contributed by atoms with van der Waals surface area (Å²) in [5.74, 6) is 0.816. The third-order valence-electron chi connectivity index (χ3n) is 3.09. The molecule has 1 fully saturated rings. The molecule has 1 aliphatic heterocycles. The molecule has 1 aliphatic rings. The summed E-state index contributed by atoms with van der Waals surface area (Å²) in [7, 11) is 0. The van der Waals surface area contributed by atoms with Crippen LogP contribution in [-0.4, -0.2) is 49.5 Å². The van der Waals surface area contributed by atoms with Crippen LogP contribution in [0.15, 0.2) is 24.3 Å². The fourth-order valence-electron chi connectivity index (χ4n) is 2.11. The Morgan fingerprint density at radius 2 is 2.17 bits per heavy atom. The van der Waals surface area contributed by atoms with E-state index in [4.69, 9.17) is 9.47 Å². The molecule has 1 atom stereocenters. The van der Waals surface area contributed by atoms with E-state index in [0.29, 0.717) is 13.2 Å². The lowest BCUT2D eigenvalue weighted by Gasteiger charge is -2.28. The second kappa shape index (κ2) is 6.73. The molecule has 4 nitrogen and oxygen atoms in total. The minimum atomic E-state index is -0.469. The Morgan fingerprint density at radius 1 is 1.39 bits per heavy atom. The van der Waals surface area contributed by atoms with Gasteiger partial charge < -0.3 is 14.6 Å². The summed E-state index contributed by atoms with van der Waals surface area (Å²) >= 11 is 0. The molecule has 1 N–H and O–H groups in total. The highest BCUT2D eigenvalue weighted by molar-refractivity contribution is 5.30. The number of nitrogens with zero attached hydrogens (tertiary/aromatic N) is 1. The molecule has 0 amide bonds. The number of ether oxygens (including phenoxy) is 2. The number of hydrogen-bond acceptors (Lipinski definition) is 4. The van der Waals surface area contributed by atoms with Crippen LogP contribution in [0.4, 0.5) is 0 Å². The van der Waals surface area contributed by atoms with E-state index >= 15 is 0 Å². The Kier molecular flexibility index (Phi) is 4.99. The van der Waals surface area contributed by atoms with E-state index in [2.05, 4.69) is 4.90 Å². The molecule has 18 heavy (non-hydrogen) atoms. The molecule has 0 saturated carbocycles. The second-order valence-electron chi connectivity index (χ2n) is 4.43. The summed E-state index contributed by atoms with van der Waals surface area (Å²) < 4.78 is 10.7. The Balaban J connectivity index is 1.94. The van der Waals surface area contributed by atoms with E-state index in [1.807, 2.05) is 31.2 Å². The predicted octanol–water partition coefficient (Wildman–Crippen LogP) is 1.45. The number of hydrogen-bond donors (Lipinski definition) is 1. The van der Waals surface area contributed by atoms with Crippen molar-refractivity contribution in [3.8, 4) is 5.75 Å². The highest BCUT2D eigenvalue weighted by atomic mass is 16.5. The van der Waals surface area contributed by atoms with Gasteiger partial charge in [-0.1, -0.05) is 12.1 Å². The lowest BCUT2D eigenvalue weighted by Crippen LogP contribution is -2.38. The number of morpholine rings is 1. The molecule has 0 spiro atoms. The average molecular weight is 251 g/mol. The first kappa shape index (κ1) is 13.3. The Labute approximate surface area is 108 Å². The van der Waals surface area contributed by atoms with Crippen LogP contribution in [0.3, 0.4) is 0 Å². The molecule has 2 rings (SSSR count). The number of benzene rings is 1. The zero-order valence-electron chi connectivity index (χ0n) is 10.8. The van der Waals surface area contributed by atoms with Gasteiger partial charge in [0.25, 0.3) is 0 Å². The van der Waals surface area contributed by atoms with Crippen LogP contribution in [0.1, 0.15) is 18.6 Å². The van der Waals surface area contributed by atoms with Gasteiger partial charge in [0.15, 0.2) is 0 Å². The van der Waals surface area contributed by atoms with Crippen molar-refractivity contribution in [2.24, 2.45) is 0 Å². The van der Waals surface area contributed by atoms with E-state index in [9.17, 15) is 5.11 Å². The van der Waals surface area contributed by atoms with Crippen LogP contribution < -0.4 is 4.74 Å². The highest BCUT2D eigenvalue weighted by Gasteiger charge is 2.16. The summed E-state index contributed by atoms with van der Waals surface area (Å²) in [5, 5.41) is 10.2. The van der Waals surface area contributed by atoms with Gasteiger partial charge in [0.05, 0.1) is 25.9 Å². The van der Waals surface area contributed by atoms with Gasteiger partial charge in [-0.15, -0.1) is 0 Å². The monoisotopic (exact) mass is 251 g/mol. The van der Waals surface area contributed by atoms with Crippen molar-refractivity contribution < 1.29 is 14.6 Å². The zero-order valence-corrected chi connectivity index (χ0v) is 10.8. The van der Waals surface area contributed by atoms with Gasteiger partial charge >= 0.3 is 0 Å². The molecule has 1 unspecified atom stereocenters. The number of aliphatic hydroxyl groups is 1. The third-order valence-corrected chi connectivity index (χ3v) is 3.09. The molecule has 0 bridgehead atoms. The van der Waals surface area contributed by atoms with Crippen LogP contribution in [0.5, 0.6) is 5.75 Å². The van der Waals surface area contributed by atoms with Crippen LogP contribution >= 0.6 is 0 Å². The second-order valence-corrected chi connectivity index (χ2v) is 4.43. The van der Waals surface area contributed by atoms with Crippen LogP contribution in [0.25, 0.3) is 0 Å². The topological polar surface area (TPSA) is 41.9 Å². The predicted molar refractivity (Wildman–Crippen MR) is 69.8 cm³/mol. The van der Waals surface area contributed by atoms with E-state index in [1.54, 1.807) is 0 Å². The quantitative estimate of drug-likeness (QED) is 0.860. The third kappa shape index (κ3) is 3.70. The van der Waals surface area contributed by atoms with E-state index < -0.39 is 6.10 Å². The maximum atomic E-state index is 10.2. The minimum absolute atomic E-state index is 0.469. The van der Waals surface area contributed by atoms with Crippen molar-refractivity contribution in [2.45, 2.75) is 13.0 Å². The molecule has 1 saturated heterocycles. The SMILES string of the molecule is CCOc1cccc(C(O)CN2CCOCC2)c1. The molecular weight excluding hydrogens is 230 g/mol. The smallest absolute Gasteiger partial charge is 0.119 e. The fraction of sp³-hybridized carbons (Fsp3) is 0.571. The van der Waals surface area contributed by atoms with E-state index in [0.717, 1.165) is 37.6 Å². The molecule has 4 heteroatoms. The zero-order chi connectivity index (χ0) is 12.8. The Morgan fingerprint density at radius 3 is 2.89 bits per heavy atom. The van der Waals surface area contributed by atoms with Crippen molar-refractivity contribution >= 4 is 0 Å². The fourth-order valence-corrected chi connectivity index (χ4v) is 2.11. The molecule has 0 aliphatic carbocycles. The van der Waals surface area contributed by atoms with Crippen molar-refractivity contribution in [3.05, 3.63) is 29.8 Å². The van der Waals surface area contributed by atoms with Gasteiger partial charge in [-0.2, -0.15) is 0 Å². The first-order chi connectivity index (χ1) is 8.79. The number of aliphatic hydroxyl groups excluding tert-OH is 1. The molecule has 0 aromatic heterocycles. The Bertz CT molecular complexity index is 364. The van der Waals surface area contributed by atoms with Gasteiger partial charge in [-0.25, -0.2) is 0 Å². The highest BCUT2D eigenvalue weighted by Crippen LogP contribution is 2.20. The summed E-state index contributed by atoms with van der Waals surface area (Å²) in [6.45, 7) is 6.54. The standard InChI is InChI=1S/C14H21NO3/c1-2-18-13-5-3-4-12(10-13)14(16)11-15-6-8-17-9-7-15/h3-5,10,14,16H,2,6-9,11H2,1H3. The molecule has 1 heterocycles. The van der Waals surface area contributed by atoms with Gasteiger partial charge in [-0.05, 0) is 24.6 Å². The van der Waals surface area contributed by atoms with Crippen molar-refractivity contribution in [1.29, 1.82) is 0 Å². The first-order valence-corrected chi connectivity index (χ1v) is 6.50. The summed E-state index contributed by atoms with van der Waals surface area (Å²) in [6, 6.07) is 7.68. The molecule has 1 aromatic carbocycles. The van der Waals surface area contributed by atoms with Crippen molar-refractivity contribution in [1.82, 2.24) is 4.90 Å². The van der Waals surface area contributed by atoms with Gasteiger partial charge in [0.2, 0.25) is 0 Å². The lowest BCUT2D eigenvalue weighted by atomic mass is 10.1. The number of β-amino-alcohol motifs (C(OH)–C–C–N with tert-alkyl or cyclic N) is 1. The average Bonchev–Trinajstić information content (AvgIpc) is 2.40. The maximum absolute atomic E-state index is 10.2. The lowest BCUT2D eigenvalue weighted by molar-refractivity contribution is 0.0143. The molecular formula is C14H21NO3. The minimum Gasteiger partial charge on any atom is -0.494 e. The van der Waals surface area contributed by atoms with Crippen LogP contribution in [0, 0.1) is 0 Å². The van der Waals surface area contributed by atoms with Gasteiger partial charge in [0, 0.05) is 19.6 Å². The maximum Gasteiger partial charge on any atom is 0.119 e. The summed E-state index contributed by atoms with van der Waals surface area (Å²) in [4.78, 5) is 2.22. The summed E-state index contributed by atoms with van der Waals surface area (Å²) in [5.41, 5.74) is 0.910. The van der Waals surface area contributed by atoms with Gasteiger partial charge in [0.1, 0.15) is 5.75 Å². The normalized spacial score (nSPS) is 18.6. The van der Waals surface area contributed by atoms with Gasteiger partial charge in [-0.3, -0.25) is 4.90 Å². The largest absolute Gasteiger partial charge is 0.494 e. The van der Waals surface area contributed by atoms with Crippen molar-refractivity contribution in [2.75, 3.05) is 39.5 Å². The van der Waals surface area contributed by atoms with Crippen LogP contribution in [-0.2, 0) is 4.74 Å². The molecule has 0 radical (unpaired) electrons. The molecule has 1 aromatic rings. The van der Waals surface area contributed by atoms with E-state index in [-0.39, 0.29) is 0 Å². The Hall–Kier alpha value is -1.10. The first-order valence-electron chi connectivity index (χ1n) is 6.50.